The molecular weight excluding hydrogens is 346 g/mol. The maximum absolute atomic E-state index is 13.4. The Hall–Kier alpha value is -2.44. The summed E-state index contributed by atoms with van der Waals surface area (Å²) >= 11 is 0. The molecule has 1 heterocycles. The molecule has 1 aliphatic rings. The first kappa shape index (κ1) is 19.3. The Labute approximate surface area is 158 Å². The third-order valence-electron chi connectivity index (χ3n) is 5.02. The Balaban J connectivity index is 1.74. The van der Waals surface area contributed by atoms with Crippen LogP contribution in [-0.4, -0.2) is 54.4 Å². The van der Waals surface area contributed by atoms with E-state index in [1.807, 2.05) is 0 Å². The SMILES string of the molecule is N=CC(=N)CCN1CCN(C(c2ccc(F)cc2)c2ccc(F)cc2)CC1. The molecule has 0 radical (unpaired) electrons. The summed E-state index contributed by atoms with van der Waals surface area (Å²) in [5, 5.41) is 14.7. The smallest absolute Gasteiger partial charge is 0.123 e. The van der Waals surface area contributed by atoms with Crippen LogP contribution in [0.2, 0.25) is 0 Å². The van der Waals surface area contributed by atoms with Crippen molar-refractivity contribution < 1.29 is 8.78 Å². The van der Waals surface area contributed by atoms with Crippen molar-refractivity contribution in [2.75, 3.05) is 32.7 Å². The quantitative estimate of drug-likeness (QED) is 0.730. The van der Waals surface area contributed by atoms with Gasteiger partial charge in [0.05, 0.1) is 11.8 Å². The number of nitrogens with zero attached hydrogens (tertiary/aromatic N) is 2. The van der Waals surface area contributed by atoms with Crippen LogP contribution in [0, 0.1) is 22.5 Å². The number of halogens is 2. The number of rotatable bonds is 7. The van der Waals surface area contributed by atoms with E-state index in [1.165, 1.54) is 24.3 Å². The zero-order valence-corrected chi connectivity index (χ0v) is 15.2. The maximum Gasteiger partial charge on any atom is 0.123 e. The molecule has 0 bridgehead atoms. The summed E-state index contributed by atoms with van der Waals surface area (Å²) in [4.78, 5) is 4.62. The summed E-state index contributed by atoms with van der Waals surface area (Å²) in [7, 11) is 0. The lowest BCUT2D eigenvalue weighted by molar-refractivity contribution is 0.111. The molecule has 0 atom stereocenters. The number of piperazine rings is 1. The number of hydrogen-bond acceptors (Lipinski definition) is 4. The standard InChI is InChI=1S/C21H24F2N4/c22-18-5-1-16(2-6-18)21(17-3-7-19(23)8-4-17)27-13-11-26(12-14-27)10-9-20(25)15-24/h1-8,15,21,24-25H,9-14H2. The normalized spacial score (nSPS) is 15.8. The fourth-order valence-corrected chi connectivity index (χ4v) is 3.50. The van der Waals surface area contributed by atoms with Crippen molar-refractivity contribution in [3.05, 3.63) is 71.3 Å². The zero-order valence-electron chi connectivity index (χ0n) is 15.2. The van der Waals surface area contributed by atoms with Crippen LogP contribution in [0.4, 0.5) is 8.78 Å². The van der Waals surface area contributed by atoms with E-state index in [1.54, 1.807) is 24.3 Å². The van der Waals surface area contributed by atoms with E-state index in [0.29, 0.717) is 12.1 Å². The van der Waals surface area contributed by atoms with Crippen molar-refractivity contribution >= 4 is 11.9 Å². The molecule has 0 aromatic heterocycles. The molecule has 0 amide bonds. The van der Waals surface area contributed by atoms with E-state index in [2.05, 4.69) is 9.80 Å². The lowest BCUT2D eigenvalue weighted by atomic mass is 9.96. The van der Waals surface area contributed by atoms with E-state index < -0.39 is 0 Å². The Morgan fingerprint density at radius 2 is 1.37 bits per heavy atom. The lowest BCUT2D eigenvalue weighted by Crippen LogP contribution is -2.48. The van der Waals surface area contributed by atoms with Crippen LogP contribution in [0.15, 0.2) is 48.5 Å². The molecule has 0 aliphatic carbocycles. The molecule has 3 rings (SSSR count). The topological polar surface area (TPSA) is 54.2 Å². The van der Waals surface area contributed by atoms with E-state index >= 15 is 0 Å². The zero-order chi connectivity index (χ0) is 19.2. The number of hydrogen-bond donors (Lipinski definition) is 2. The van der Waals surface area contributed by atoms with Gasteiger partial charge in [-0.2, -0.15) is 0 Å². The Morgan fingerprint density at radius 3 is 1.81 bits per heavy atom. The second-order valence-electron chi connectivity index (χ2n) is 6.80. The highest BCUT2D eigenvalue weighted by Crippen LogP contribution is 2.30. The number of benzene rings is 2. The van der Waals surface area contributed by atoms with Gasteiger partial charge in [0.25, 0.3) is 0 Å². The molecule has 1 fully saturated rings. The number of nitrogens with one attached hydrogen (secondary N) is 2. The van der Waals surface area contributed by atoms with E-state index in [0.717, 1.165) is 50.1 Å². The first-order valence-electron chi connectivity index (χ1n) is 9.12. The maximum atomic E-state index is 13.4. The predicted molar refractivity (Wildman–Crippen MR) is 104 cm³/mol. The van der Waals surface area contributed by atoms with Gasteiger partial charge >= 0.3 is 0 Å². The minimum absolute atomic E-state index is 0.0479. The summed E-state index contributed by atoms with van der Waals surface area (Å²) in [5.41, 5.74) is 2.32. The van der Waals surface area contributed by atoms with Crippen molar-refractivity contribution in [3.8, 4) is 0 Å². The average Bonchev–Trinajstić information content (AvgIpc) is 2.70. The van der Waals surface area contributed by atoms with Crippen LogP contribution in [0.5, 0.6) is 0 Å². The molecule has 4 nitrogen and oxygen atoms in total. The van der Waals surface area contributed by atoms with Gasteiger partial charge in [-0.25, -0.2) is 8.78 Å². The Kier molecular flexibility index (Phi) is 6.42. The molecule has 2 N–H and O–H groups in total. The fraction of sp³-hybridized carbons (Fsp3) is 0.333. The van der Waals surface area contributed by atoms with Gasteiger partial charge in [-0.3, -0.25) is 4.90 Å². The van der Waals surface area contributed by atoms with Gasteiger partial charge in [0.1, 0.15) is 11.6 Å². The largest absolute Gasteiger partial charge is 0.307 e. The fourth-order valence-electron chi connectivity index (χ4n) is 3.50. The monoisotopic (exact) mass is 370 g/mol. The minimum atomic E-state index is -0.268. The summed E-state index contributed by atoms with van der Waals surface area (Å²) < 4.78 is 26.8. The van der Waals surface area contributed by atoms with Crippen molar-refractivity contribution in [1.82, 2.24) is 9.80 Å². The lowest BCUT2D eigenvalue weighted by Gasteiger charge is -2.39. The van der Waals surface area contributed by atoms with Crippen molar-refractivity contribution in [3.63, 3.8) is 0 Å². The molecule has 1 aliphatic heterocycles. The van der Waals surface area contributed by atoms with Crippen molar-refractivity contribution in [1.29, 1.82) is 10.8 Å². The van der Waals surface area contributed by atoms with Gasteiger partial charge in [-0.05, 0) is 35.4 Å². The van der Waals surface area contributed by atoms with Gasteiger partial charge < -0.3 is 15.7 Å². The van der Waals surface area contributed by atoms with Crippen LogP contribution in [0.25, 0.3) is 0 Å². The molecule has 27 heavy (non-hydrogen) atoms. The van der Waals surface area contributed by atoms with Gasteiger partial charge in [-0.15, -0.1) is 0 Å². The predicted octanol–water partition coefficient (Wildman–Crippen LogP) is 3.73. The summed E-state index contributed by atoms with van der Waals surface area (Å²) in [6.45, 7) is 4.17. The minimum Gasteiger partial charge on any atom is -0.307 e. The second-order valence-corrected chi connectivity index (χ2v) is 6.80. The summed E-state index contributed by atoms with van der Waals surface area (Å²) in [6, 6.07) is 13.0. The molecule has 142 valence electrons. The van der Waals surface area contributed by atoms with Crippen molar-refractivity contribution in [2.45, 2.75) is 12.5 Å². The summed E-state index contributed by atoms with van der Waals surface area (Å²) in [6.07, 6.45) is 1.68. The van der Waals surface area contributed by atoms with E-state index in [-0.39, 0.29) is 17.7 Å². The third-order valence-corrected chi connectivity index (χ3v) is 5.02. The Morgan fingerprint density at radius 1 is 0.889 bits per heavy atom. The molecule has 0 saturated carbocycles. The highest BCUT2D eigenvalue weighted by Gasteiger charge is 2.26. The molecule has 0 unspecified atom stereocenters. The third kappa shape index (κ3) is 5.05. The second kappa shape index (κ2) is 8.97. The first-order valence-corrected chi connectivity index (χ1v) is 9.12. The van der Waals surface area contributed by atoms with Gasteiger partial charge in [0.2, 0.25) is 0 Å². The van der Waals surface area contributed by atoms with Gasteiger partial charge in [0.15, 0.2) is 0 Å². The van der Waals surface area contributed by atoms with Crippen LogP contribution in [0.3, 0.4) is 0 Å². The van der Waals surface area contributed by atoms with Crippen LogP contribution in [0.1, 0.15) is 23.6 Å². The molecule has 6 heteroatoms. The van der Waals surface area contributed by atoms with Crippen LogP contribution >= 0.6 is 0 Å². The molecule has 2 aromatic carbocycles. The first-order chi connectivity index (χ1) is 13.1. The Bertz CT molecular complexity index is 720. The van der Waals surface area contributed by atoms with E-state index in [9.17, 15) is 8.78 Å². The molecule has 1 saturated heterocycles. The molecule has 2 aromatic rings. The van der Waals surface area contributed by atoms with E-state index in [4.69, 9.17) is 10.8 Å². The highest BCUT2D eigenvalue weighted by molar-refractivity contribution is 6.27. The van der Waals surface area contributed by atoms with Crippen molar-refractivity contribution in [2.24, 2.45) is 0 Å². The van der Waals surface area contributed by atoms with Crippen LogP contribution in [-0.2, 0) is 0 Å². The van der Waals surface area contributed by atoms with Gasteiger partial charge in [0, 0.05) is 45.4 Å². The molecular formula is C21H24F2N4. The van der Waals surface area contributed by atoms with Gasteiger partial charge in [-0.1, -0.05) is 24.3 Å². The van der Waals surface area contributed by atoms with Crippen LogP contribution < -0.4 is 0 Å². The average molecular weight is 370 g/mol. The highest BCUT2D eigenvalue weighted by atomic mass is 19.1. The summed E-state index contributed by atoms with van der Waals surface area (Å²) in [5.74, 6) is -0.537. The molecule has 0 spiro atoms.